The minimum Gasteiger partial charge on any atom is -0.0654 e. The second-order valence-corrected chi connectivity index (χ2v) is 6.85. The maximum absolute atomic E-state index is 2.46. The number of rotatable bonds is 7. The summed E-state index contributed by atoms with van der Waals surface area (Å²) >= 11 is 0. The van der Waals surface area contributed by atoms with Gasteiger partial charge in [-0.05, 0) is 55.3 Å². The highest BCUT2D eigenvalue weighted by Gasteiger charge is 2.34. The van der Waals surface area contributed by atoms with E-state index in [0.29, 0.717) is 5.41 Å². The van der Waals surface area contributed by atoms with Crippen molar-refractivity contribution in [1.82, 2.24) is 0 Å². The van der Waals surface area contributed by atoms with Gasteiger partial charge in [0.1, 0.15) is 0 Å². The van der Waals surface area contributed by atoms with Crippen molar-refractivity contribution in [3.63, 3.8) is 0 Å². The lowest BCUT2D eigenvalue weighted by Gasteiger charge is -2.30. The van der Waals surface area contributed by atoms with Crippen LogP contribution in [0.15, 0.2) is 0 Å². The number of hydrogen-bond acceptors (Lipinski definition) is 0. The van der Waals surface area contributed by atoms with Crippen LogP contribution in [0.5, 0.6) is 0 Å². The molecule has 1 aliphatic carbocycles. The maximum atomic E-state index is 2.46. The molecule has 0 heteroatoms. The van der Waals surface area contributed by atoms with Crippen molar-refractivity contribution >= 4 is 0 Å². The van der Waals surface area contributed by atoms with Crippen LogP contribution in [0.25, 0.3) is 0 Å². The first-order valence-electron chi connectivity index (χ1n) is 6.94. The minimum absolute atomic E-state index is 0.580. The summed E-state index contributed by atoms with van der Waals surface area (Å²) in [6, 6.07) is 0. The van der Waals surface area contributed by atoms with Crippen molar-refractivity contribution in [2.24, 2.45) is 23.2 Å². The molecular formula is C15H30. The van der Waals surface area contributed by atoms with E-state index in [1.165, 1.54) is 38.5 Å². The topological polar surface area (TPSA) is 0 Å². The predicted octanol–water partition coefficient (Wildman–Crippen LogP) is 5.28. The molecule has 0 aliphatic heterocycles. The summed E-state index contributed by atoms with van der Waals surface area (Å²) in [7, 11) is 0. The van der Waals surface area contributed by atoms with E-state index in [1.54, 1.807) is 0 Å². The Hall–Kier alpha value is 0. The fourth-order valence-corrected chi connectivity index (χ4v) is 3.10. The van der Waals surface area contributed by atoms with Gasteiger partial charge in [-0.25, -0.2) is 0 Å². The fourth-order valence-electron chi connectivity index (χ4n) is 3.10. The van der Waals surface area contributed by atoms with Crippen LogP contribution < -0.4 is 0 Å². The molecule has 0 aromatic heterocycles. The molecule has 1 atom stereocenters. The van der Waals surface area contributed by atoms with Crippen molar-refractivity contribution in [3.05, 3.63) is 0 Å². The lowest BCUT2D eigenvalue weighted by molar-refractivity contribution is 0.207. The molecule has 0 nitrogen and oxygen atoms in total. The zero-order valence-corrected chi connectivity index (χ0v) is 11.5. The van der Waals surface area contributed by atoms with E-state index in [4.69, 9.17) is 0 Å². The zero-order chi connectivity index (χ0) is 11.5. The Balaban J connectivity index is 2.42. The largest absolute Gasteiger partial charge is 0.0654 e. The van der Waals surface area contributed by atoms with Crippen LogP contribution in [0.3, 0.4) is 0 Å². The molecule has 90 valence electrons. The molecule has 0 aromatic rings. The Kier molecular flexibility index (Phi) is 4.67. The van der Waals surface area contributed by atoms with Crippen molar-refractivity contribution < 1.29 is 0 Å². The SMILES string of the molecule is CCCC(C)(C)CC(CC(C)C)C1CC1. The quantitative estimate of drug-likeness (QED) is 0.536. The highest BCUT2D eigenvalue weighted by Crippen LogP contribution is 2.46. The lowest BCUT2D eigenvalue weighted by atomic mass is 9.75. The third-order valence-electron chi connectivity index (χ3n) is 3.80. The molecule has 1 unspecified atom stereocenters. The molecule has 0 N–H and O–H groups in total. The van der Waals surface area contributed by atoms with Crippen LogP contribution in [0.2, 0.25) is 0 Å². The van der Waals surface area contributed by atoms with Gasteiger partial charge in [-0.1, -0.05) is 41.0 Å². The summed E-state index contributed by atoms with van der Waals surface area (Å²) in [4.78, 5) is 0. The first kappa shape index (κ1) is 13.1. The van der Waals surface area contributed by atoms with E-state index in [-0.39, 0.29) is 0 Å². The Morgan fingerprint density at radius 2 is 1.80 bits per heavy atom. The molecule has 1 aliphatic rings. The van der Waals surface area contributed by atoms with Gasteiger partial charge in [0.2, 0.25) is 0 Å². The van der Waals surface area contributed by atoms with Gasteiger partial charge in [0.15, 0.2) is 0 Å². The standard InChI is InChI=1S/C15H30/c1-6-9-15(4,5)11-14(10-12(2)3)13-7-8-13/h12-14H,6-11H2,1-5H3. The van der Waals surface area contributed by atoms with Gasteiger partial charge in [-0.2, -0.15) is 0 Å². The summed E-state index contributed by atoms with van der Waals surface area (Å²) in [6.45, 7) is 12.0. The predicted molar refractivity (Wildman–Crippen MR) is 69.0 cm³/mol. The molecule has 0 aromatic carbocycles. The summed E-state index contributed by atoms with van der Waals surface area (Å²) in [6.07, 6.45) is 8.68. The van der Waals surface area contributed by atoms with E-state index in [9.17, 15) is 0 Å². The Morgan fingerprint density at radius 3 is 2.20 bits per heavy atom. The fraction of sp³-hybridized carbons (Fsp3) is 1.00. The monoisotopic (exact) mass is 210 g/mol. The van der Waals surface area contributed by atoms with E-state index < -0.39 is 0 Å². The van der Waals surface area contributed by atoms with Gasteiger partial charge in [-0.15, -0.1) is 0 Å². The molecule has 0 saturated heterocycles. The smallest absolute Gasteiger partial charge is 0.0352 e. The highest BCUT2D eigenvalue weighted by molar-refractivity contribution is 4.85. The third kappa shape index (κ3) is 5.04. The van der Waals surface area contributed by atoms with Crippen molar-refractivity contribution in [2.45, 2.75) is 73.1 Å². The summed E-state index contributed by atoms with van der Waals surface area (Å²) in [5.74, 6) is 2.99. The van der Waals surface area contributed by atoms with E-state index in [0.717, 1.165) is 17.8 Å². The van der Waals surface area contributed by atoms with Gasteiger partial charge in [0.25, 0.3) is 0 Å². The number of hydrogen-bond donors (Lipinski definition) is 0. The average Bonchev–Trinajstić information content (AvgIpc) is 2.82. The molecule has 1 fully saturated rings. The van der Waals surface area contributed by atoms with Crippen molar-refractivity contribution in [1.29, 1.82) is 0 Å². The Labute approximate surface area is 96.8 Å². The summed E-state index contributed by atoms with van der Waals surface area (Å²) in [5.41, 5.74) is 0.580. The third-order valence-corrected chi connectivity index (χ3v) is 3.80. The van der Waals surface area contributed by atoms with Gasteiger partial charge in [0, 0.05) is 0 Å². The average molecular weight is 210 g/mol. The first-order valence-corrected chi connectivity index (χ1v) is 6.94. The first-order chi connectivity index (χ1) is 6.94. The van der Waals surface area contributed by atoms with E-state index in [1.807, 2.05) is 0 Å². The lowest BCUT2D eigenvalue weighted by Crippen LogP contribution is -2.19. The summed E-state index contributed by atoms with van der Waals surface area (Å²) < 4.78 is 0. The van der Waals surface area contributed by atoms with Crippen LogP contribution in [0.4, 0.5) is 0 Å². The second-order valence-electron chi connectivity index (χ2n) is 6.85. The van der Waals surface area contributed by atoms with Crippen LogP contribution in [0, 0.1) is 23.2 Å². The minimum atomic E-state index is 0.580. The molecule has 0 amide bonds. The van der Waals surface area contributed by atoms with Crippen LogP contribution >= 0.6 is 0 Å². The van der Waals surface area contributed by atoms with E-state index in [2.05, 4.69) is 34.6 Å². The van der Waals surface area contributed by atoms with Crippen molar-refractivity contribution in [2.75, 3.05) is 0 Å². The molecule has 15 heavy (non-hydrogen) atoms. The van der Waals surface area contributed by atoms with E-state index >= 15 is 0 Å². The van der Waals surface area contributed by atoms with Crippen LogP contribution in [0.1, 0.15) is 73.1 Å². The van der Waals surface area contributed by atoms with Gasteiger partial charge in [-0.3, -0.25) is 0 Å². The Bertz CT molecular complexity index is 174. The molecule has 1 rings (SSSR count). The van der Waals surface area contributed by atoms with Gasteiger partial charge in [0.05, 0.1) is 0 Å². The Morgan fingerprint density at radius 1 is 1.20 bits per heavy atom. The highest BCUT2D eigenvalue weighted by atomic mass is 14.4. The second kappa shape index (κ2) is 5.37. The zero-order valence-electron chi connectivity index (χ0n) is 11.5. The molecule has 0 bridgehead atoms. The van der Waals surface area contributed by atoms with Gasteiger partial charge >= 0.3 is 0 Å². The molecule has 0 heterocycles. The molecule has 1 saturated carbocycles. The van der Waals surface area contributed by atoms with Crippen LogP contribution in [-0.2, 0) is 0 Å². The maximum Gasteiger partial charge on any atom is -0.0352 e. The molecular weight excluding hydrogens is 180 g/mol. The normalized spacial score (nSPS) is 19.6. The molecule has 0 radical (unpaired) electrons. The summed E-state index contributed by atoms with van der Waals surface area (Å²) in [5, 5.41) is 0. The van der Waals surface area contributed by atoms with Gasteiger partial charge < -0.3 is 0 Å². The van der Waals surface area contributed by atoms with Crippen LogP contribution in [-0.4, -0.2) is 0 Å². The molecule has 0 spiro atoms. The van der Waals surface area contributed by atoms with Crippen molar-refractivity contribution in [3.8, 4) is 0 Å².